The molecule has 150 valence electrons. The number of nitrogens with one attached hydrogen (secondary N) is 1. The Hall–Kier alpha value is -1.59. The summed E-state index contributed by atoms with van der Waals surface area (Å²) in [6.07, 6.45) is 5.89. The van der Waals surface area contributed by atoms with Gasteiger partial charge in [0.05, 0.1) is 5.92 Å². The number of carbonyl (C=O) groups excluding carboxylic acids is 2. The van der Waals surface area contributed by atoms with E-state index in [0.29, 0.717) is 12.5 Å². The third-order valence-corrected chi connectivity index (χ3v) is 6.06. The molecular formula is C21H32ClN3O2. The van der Waals surface area contributed by atoms with Crippen LogP contribution in [-0.2, 0) is 4.79 Å². The fourth-order valence-electron chi connectivity index (χ4n) is 4.26. The zero-order valence-corrected chi connectivity index (χ0v) is 17.0. The van der Waals surface area contributed by atoms with Crippen molar-refractivity contribution in [3.8, 4) is 0 Å². The molecule has 0 bridgehead atoms. The van der Waals surface area contributed by atoms with Gasteiger partial charge in [0, 0.05) is 30.7 Å². The van der Waals surface area contributed by atoms with E-state index in [1.54, 1.807) is 0 Å². The van der Waals surface area contributed by atoms with Crippen molar-refractivity contribution in [1.82, 2.24) is 10.2 Å². The van der Waals surface area contributed by atoms with Crippen LogP contribution in [0.2, 0.25) is 0 Å². The maximum Gasteiger partial charge on any atom is 0.253 e. The molecule has 1 saturated heterocycles. The van der Waals surface area contributed by atoms with Crippen LogP contribution in [-0.4, -0.2) is 41.9 Å². The average Bonchev–Trinajstić information content (AvgIpc) is 2.66. The molecule has 27 heavy (non-hydrogen) atoms. The molecule has 3 rings (SSSR count). The second-order valence-electron chi connectivity index (χ2n) is 8.15. The number of rotatable bonds is 4. The highest BCUT2D eigenvalue weighted by Crippen LogP contribution is 2.31. The van der Waals surface area contributed by atoms with Crippen molar-refractivity contribution in [3.05, 3.63) is 35.9 Å². The van der Waals surface area contributed by atoms with Gasteiger partial charge in [-0.1, -0.05) is 31.0 Å². The maximum atomic E-state index is 12.6. The molecule has 2 aliphatic rings. The Balaban J connectivity index is 0.00000261. The fraction of sp³-hybridized carbons (Fsp3) is 0.619. The van der Waals surface area contributed by atoms with Crippen molar-refractivity contribution in [3.63, 3.8) is 0 Å². The summed E-state index contributed by atoms with van der Waals surface area (Å²) >= 11 is 0. The number of hydrogen-bond donors (Lipinski definition) is 2. The Kier molecular flexibility index (Phi) is 7.68. The Morgan fingerprint density at radius 2 is 1.81 bits per heavy atom. The lowest BCUT2D eigenvalue weighted by Gasteiger charge is -2.38. The zero-order chi connectivity index (χ0) is 18.6. The van der Waals surface area contributed by atoms with Gasteiger partial charge >= 0.3 is 0 Å². The molecule has 1 aromatic rings. The van der Waals surface area contributed by atoms with Crippen molar-refractivity contribution in [2.24, 2.45) is 17.6 Å². The summed E-state index contributed by atoms with van der Waals surface area (Å²) in [5.41, 5.74) is 6.70. The summed E-state index contributed by atoms with van der Waals surface area (Å²) in [4.78, 5) is 27.0. The van der Waals surface area contributed by atoms with E-state index >= 15 is 0 Å². The van der Waals surface area contributed by atoms with Crippen molar-refractivity contribution >= 4 is 24.2 Å². The Labute approximate surface area is 168 Å². The first-order chi connectivity index (χ1) is 12.5. The lowest BCUT2D eigenvalue weighted by atomic mass is 9.74. The van der Waals surface area contributed by atoms with E-state index in [1.807, 2.05) is 42.2 Å². The summed E-state index contributed by atoms with van der Waals surface area (Å²) in [6, 6.07) is 9.44. The van der Waals surface area contributed by atoms with Crippen molar-refractivity contribution in [1.29, 1.82) is 0 Å². The lowest BCUT2D eigenvalue weighted by Crippen LogP contribution is -2.53. The maximum absolute atomic E-state index is 12.6. The monoisotopic (exact) mass is 393 g/mol. The number of piperidine rings is 1. The second kappa shape index (κ2) is 9.56. The van der Waals surface area contributed by atoms with Gasteiger partial charge in [-0.3, -0.25) is 9.59 Å². The third-order valence-electron chi connectivity index (χ3n) is 6.06. The van der Waals surface area contributed by atoms with Crippen molar-refractivity contribution in [2.45, 2.75) is 51.0 Å². The smallest absolute Gasteiger partial charge is 0.253 e. The zero-order valence-electron chi connectivity index (χ0n) is 16.2. The van der Waals surface area contributed by atoms with E-state index in [4.69, 9.17) is 5.73 Å². The van der Waals surface area contributed by atoms with Crippen LogP contribution in [0.3, 0.4) is 0 Å². The number of halogens is 1. The van der Waals surface area contributed by atoms with Gasteiger partial charge < -0.3 is 16.0 Å². The third kappa shape index (κ3) is 5.45. The first-order valence-corrected chi connectivity index (χ1v) is 9.88. The van der Waals surface area contributed by atoms with E-state index in [2.05, 4.69) is 5.32 Å². The second-order valence-corrected chi connectivity index (χ2v) is 8.15. The molecule has 6 heteroatoms. The molecule has 2 atom stereocenters. The van der Waals surface area contributed by atoms with Gasteiger partial charge in [-0.05, 0) is 50.7 Å². The molecule has 1 aliphatic carbocycles. The van der Waals surface area contributed by atoms with Crippen LogP contribution >= 0.6 is 12.4 Å². The van der Waals surface area contributed by atoms with Gasteiger partial charge in [-0.15, -0.1) is 12.4 Å². The molecule has 2 fully saturated rings. The number of nitrogens with two attached hydrogens (primary N) is 1. The Morgan fingerprint density at radius 1 is 1.15 bits per heavy atom. The lowest BCUT2D eigenvalue weighted by molar-refractivity contribution is -0.128. The molecule has 0 radical (unpaired) electrons. The number of nitrogens with zero attached hydrogens (tertiary/aromatic N) is 1. The first kappa shape index (κ1) is 21.7. The molecular weight excluding hydrogens is 362 g/mol. The van der Waals surface area contributed by atoms with E-state index in [9.17, 15) is 9.59 Å². The first-order valence-electron chi connectivity index (χ1n) is 9.88. The minimum atomic E-state index is -0.381. The van der Waals surface area contributed by atoms with Crippen LogP contribution < -0.4 is 11.1 Å². The fourth-order valence-corrected chi connectivity index (χ4v) is 4.26. The van der Waals surface area contributed by atoms with Crippen LogP contribution in [0.5, 0.6) is 0 Å². The average molecular weight is 394 g/mol. The highest BCUT2D eigenvalue weighted by Gasteiger charge is 2.37. The van der Waals surface area contributed by atoms with Crippen molar-refractivity contribution in [2.75, 3.05) is 19.6 Å². The van der Waals surface area contributed by atoms with E-state index < -0.39 is 0 Å². The standard InChI is InChI=1S/C21H31N3O2.ClH/c1-21(22)12-6-5-9-18(21)19(25)23-15-16-10-13-24(14-11-16)20(26)17-7-3-2-4-8-17;/h2-4,7-8,16,18H,5-6,9-15,22H2,1H3,(H,23,25);1H. The van der Waals surface area contributed by atoms with Gasteiger partial charge in [0.15, 0.2) is 0 Å². The molecule has 1 aliphatic heterocycles. The number of likely N-dealkylation sites (tertiary alicyclic amines) is 1. The quantitative estimate of drug-likeness (QED) is 0.825. The van der Waals surface area contributed by atoms with Crippen LogP contribution in [0.1, 0.15) is 55.8 Å². The van der Waals surface area contributed by atoms with Gasteiger partial charge in [-0.25, -0.2) is 0 Å². The summed E-state index contributed by atoms with van der Waals surface area (Å²) in [5.74, 6) is 0.578. The van der Waals surface area contributed by atoms with E-state index in [-0.39, 0.29) is 35.7 Å². The summed E-state index contributed by atoms with van der Waals surface area (Å²) in [5, 5.41) is 3.13. The largest absolute Gasteiger partial charge is 0.356 e. The molecule has 2 amide bonds. The highest BCUT2D eigenvalue weighted by molar-refractivity contribution is 5.94. The highest BCUT2D eigenvalue weighted by atomic mass is 35.5. The molecule has 5 nitrogen and oxygen atoms in total. The predicted octanol–water partition coefficient (Wildman–Crippen LogP) is 2.98. The van der Waals surface area contributed by atoms with Gasteiger partial charge in [0.2, 0.25) is 5.91 Å². The van der Waals surface area contributed by atoms with Crippen molar-refractivity contribution < 1.29 is 9.59 Å². The van der Waals surface area contributed by atoms with E-state index in [0.717, 1.165) is 57.2 Å². The van der Waals surface area contributed by atoms with Gasteiger partial charge in [0.25, 0.3) is 5.91 Å². The summed E-state index contributed by atoms with van der Waals surface area (Å²) in [6.45, 7) is 4.21. The van der Waals surface area contributed by atoms with Crippen LogP contribution in [0, 0.1) is 11.8 Å². The van der Waals surface area contributed by atoms with Crippen LogP contribution in [0.25, 0.3) is 0 Å². The summed E-state index contributed by atoms with van der Waals surface area (Å²) < 4.78 is 0. The predicted molar refractivity (Wildman–Crippen MR) is 110 cm³/mol. The molecule has 0 spiro atoms. The normalized spacial score (nSPS) is 26.1. The molecule has 2 unspecified atom stereocenters. The SMILES string of the molecule is CC1(N)CCCCC1C(=O)NCC1CCN(C(=O)c2ccccc2)CC1.Cl. The minimum Gasteiger partial charge on any atom is -0.356 e. The van der Waals surface area contributed by atoms with Gasteiger partial charge in [-0.2, -0.15) is 0 Å². The van der Waals surface area contributed by atoms with Gasteiger partial charge in [0.1, 0.15) is 0 Å². The van der Waals surface area contributed by atoms with E-state index in [1.165, 1.54) is 0 Å². The molecule has 0 aromatic heterocycles. The molecule has 1 aromatic carbocycles. The number of carbonyl (C=O) groups is 2. The molecule has 3 N–H and O–H groups in total. The Morgan fingerprint density at radius 3 is 2.44 bits per heavy atom. The number of benzene rings is 1. The molecule has 1 saturated carbocycles. The minimum absolute atomic E-state index is 0. The van der Waals surface area contributed by atoms with Crippen LogP contribution in [0.4, 0.5) is 0 Å². The number of amides is 2. The summed E-state index contributed by atoms with van der Waals surface area (Å²) in [7, 11) is 0. The molecule has 1 heterocycles. The topological polar surface area (TPSA) is 75.4 Å². The Bertz CT molecular complexity index is 628. The number of hydrogen-bond acceptors (Lipinski definition) is 3. The van der Waals surface area contributed by atoms with Crippen LogP contribution in [0.15, 0.2) is 30.3 Å².